The van der Waals surface area contributed by atoms with Crippen LogP contribution in [0, 0.1) is 18.8 Å². The number of rotatable bonds is 7. The van der Waals surface area contributed by atoms with Crippen LogP contribution in [0.15, 0.2) is 18.2 Å². The first kappa shape index (κ1) is 17.5. The summed E-state index contributed by atoms with van der Waals surface area (Å²) in [6.45, 7) is 6.29. The quantitative estimate of drug-likeness (QED) is 0.809. The van der Waals surface area contributed by atoms with E-state index in [1.54, 1.807) is 18.2 Å². The molecule has 0 saturated heterocycles. The molecule has 4 nitrogen and oxygen atoms in total. The van der Waals surface area contributed by atoms with Gasteiger partial charge in [0, 0.05) is 23.6 Å². The SMILES string of the molecule is Cc1cc(C(=O)NC[C@H](CC(=O)O)CC(C)C)ccc1Cl. The lowest BCUT2D eigenvalue weighted by Crippen LogP contribution is -2.31. The molecule has 0 radical (unpaired) electrons. The highest BCUT2D eigenvalue weighted by molar-refractivity contribution is 6.31. The Kier molecular flexibility index (Phi) is 6.69. The van der Waals surface area contributed by atoms with E-state index in [4.69, 9.17) is 16.7 Å². The van der Waals surface area contributed by atoms with Gasteiger partial charge in [-0.15, -0.1) is 0 Å². The largest absolute Gasteiger partial charge is 0.481 e. The van der Waals surface area contributed by atoms with E-state index >= 15 is 0 Å². The van der Waals surface area contributed by atoms with Gasteiger partial charge in [0.15, 0.2) is 0 Å². The molecule has 1 atom stereocenters. The van der Waals surface area contributed by atoms with Crippen LogP contribution in [-0.4, -0.2) is 23.5 Å². The van der Waals surface area contributed by atoms with Crippen molar-refractivity contribution in [1.29, 1.82) is 0 Å². The Morgan fingerprint density at radius 2 is 2.00 bits per heavy atom. The summed E-state index contributed by atoms with van der Waals surface area (Å²) in [7, 11) is 0. The van der Waals surface area contributed by atoms with Gasteiger partial charge in [-0.2, -0.15) is 0 Å². The summed E-state index contributed by atoms with van der Waals surface area (Å²) in [4.78, 5) is 22.9. The fraction of sp³-hybridized carbons (Fsp3) is 0.500. The first-order valence-electron chi connectivity index (χ1n) is 7.05. The summed E-state index contributed by atoms with van der Waals surface area (Å²) in [6, 6.07) is 5.08. The topological polar surface area (TPSA) is 66.4 Å². The Bertz CT molecular complexity index is 514. The molecule has 0 fully saturated rings. The van der Waals surface area contributed by atoms with E-state index in [2.05, 4.69) is 5.32 Å². The van der Waals surface area contributed by atoms with Crippen LogP contribution in [0.4, 0.5) is 0 Å². The molecule has 0 unspecified atom stereocenters. The van der Waals surface area contributed by atoms with Crippen molar-refractivity contribution in [1.82, 2.24) is 5.32 Å². The van der Waals surface area contributed by atoms with Crippen molar-refractivity contribution in [3.63, 3.8) is 0 Å². The number of nitrogens with one attached hydrogen (secondary N) is 1. The van der Waals surface area contributed by atoms with E-state index < -0.39 is 5.97 Å². The highest BCUT2D eigenvalue weighted by atomic mass is 35.5. The van der Waals surface area contributed by atoms with Crippen LogP contribution in [0.2, 0.25) is 5.02 Å². The molecule has 2 N–H and O–H groups in total. The molecule has 0 spiro atoms. The van der Waals surface area contributed by atoms with Gasteiger partial charge in [0.1, 0.15) is 0 Å². The van der Waals surface area contributed by atoms with Crippen LogP contribution in [0.3, 0.4) is 0 Å². The zero-order valence-corrected chi connectivity index (χ0v) is 13.4. The zero-order chi connectivity index (χ0) is 16.0. The van der Waals surface area contributed by atoms with Gasteiger partial charge < -0.3 is 10.4 Å². The van der Waals surface area contributed by atoms with Crippen LogP contribution in [0.1, 0.15) is 42.6 Å². The number of carboxylic acid groups (broad SMARTS) is 1. The highest BCUT2D eigenvalue weighted by Gasteiger charge is 2.16. The van der Waals surface area contributed by atoms with Gasteiger partial charge in [-0.1, -0.05) is 25.4 Å². The Balaban J connectivity index is 2.63. The van der Waals surface area contributed by atoms with Crippen molar-refractivity contribution >= 4 is 23.5 Å². The van der Waals surface area contributed by atoms with Gasteiger partial charge in [0.2, 0.25) is 0 Å². The highest BCUT2D eigenvalue weighted by Crippen LogP contribution is 2.17. The number of carboxylic acids is 1. The lowest BCUT2D eigenvalue weighted by atomic mass is 9.94. The Labute approximate surface area is 130 Å². The van der Waals surface area contributed by atoms with Gasteiger partial charge in [-0.3, -0.25) is 9.59 Å². The molecular weight excluding hydrogens is 290 g/mol. The number of hydrogen-bond acceptors (Lipinski definition) is 2. The minimum Gasteiger partial charge on any atom is -0.481 e. The van der Waals surface area contributed by atoms with Crippen molar-refractivity contribution in [2.75, 3.05) is 6.54 Å². The molecule has 0 aliphatic carbocycles. The van der Waals surface area contributed by atoms with Gasteiger partial charge in [-0.25, -0.2) is 0 Å². The molecule has 1 aromatic carbocycles. The van der Waals surface area contributed by atoms with E-state index in [1.807, 2.05) is 20.8 Å². The fourth-order valence-electron chi connectivity index (χ4n) is 2.28. The number of benzene rings is 1. The number of carbonyl (C=O) groups is 2. The number of hydrogen-bond donors (Lipinski definition) is 2. The van der Waals surface area contributed by atoms with Crippen LogP contribution >= 0.6 is 11.6 Å². The third kappa shape index (κ3) is 6.17. The predicted molar refractivity (Wildman–Crippen MR) is 83.7 cm³/mol. The fourth-order valence-corrected chi connectivity index (χ4v) is 2.40. The number of aryl methyl sites for hydroxylation is 1. The number of amides is 1. The number of carbonyl (C=O) groups excluding carboxylic acids is 1. The molecule has 21 heavy (non-hydrogen) atoms. The van der Waals surface area contributed by atoms with Crippen molar-refractivity contribution in [2.45, 2.75) is 33.6 Å². The molecule has 0 saturated carbocycles. The Morgan fingerprint density at radius 3 is 2.52 bits per heavy atom. The third-order valence-corrected chi connectivity index (χ3v) is 3.66. The second-order valence-electron chi connectivity index (χ2n) is 5.77. The molecular formula is C16H22ClNO3. The van der Waals surface area contributed by atoms with Crippen molar-refractivity contribution < 1.29 is 14.7 Å². The summed E-state index contributed by atoms with van der Waals surface area (Å²) in [6.07, 6.45) is 0.838. The lowest BCUT2D eigenvalue weighted by Gasteiger charge is -2.18. The maximum absolute atomic E-state index is 12.1. The summed E-state index contributed by atoms with van der Waals surface area (Å²) in [5, 5.41) is 12.4. The molecule has 116 valence electrons. The molecule has 5 heteroatoms. The average Bonchev–Trinajstić information content (AvgIpc) is 2.37. The monoisotopic (exact) mass is 311 g/mol. The number of halogens is 1. The van der Waals surface area contributed by atoms with E-state index in [9.17, 15) is 9.59 Å². The van der Waals surface area contributed by atoms with Gasteiger partial charge in [0.05, 0.1) is 0 Å². The van der Waals surface area contributed by atoms with E-state index in [1.165, 1.54) is 0 Å². The van der Waals surface area contributed by atoms with Crippen molar-refractivity contribution in [3.05, 3.63) is 34.3 Å². The molecule has 1 aromatic rings. The standard InChI is InChI=1S/C16H22ClNO3/c1-10(2)6-12(8-15(19)20)9-18-16(21)13-4-5-14(17)11(3)7-13/h4-5,7,10,12H,6,8-9H2,1-3H3,(H,18,21)(H,19,20)/t12-/m0/s1. The van der Waals surface area contributed by atoms with Crippen LogP contribution in [0.25, 0.3) is 0 Å². The van der Waals surface area contributed by atoms with Gasteiger partial charge in [-0.05, 0) is 48.9 Å². The molecule has 0 aliphatic heterocycles. The normalized spacial score (nSPS) is 12.2. The van der Waals surface area contributed by atoms with E-state index in [0.717, 1.165) is 12.0 Å². The molecule has 0 bridgehead atoms. The van der Waals surface area contributed by atoms with Crippen LogP contribution in [0.5, 0.6) is 0 Å². The maximum atomic E-state index is 12.1. The van der Waals surface area contributed by atoms with Crippen LogP contribution in [-0.2, 0) is 4.79 Å². The van der Waals surface area contributed by atoms with E-state index in [0.29, 0.717) is 23.0 Å². The van der Waals surface area contributed by atoms with Crippen molar-refractivity contribution in [3.8, 4) is 0 Å². The molecule has 0 heterocycles. The molecule has 1 rings (SSSR count). The smallest absolute Gasteiger partial charge is 0.303 e. The molecule has 0 aromatic heterocycles. The summed E-state index contributed by atoms with van der Waals surface area (Å²) in [5.74, 6) is -0.699. The minimum absolute atomic E-state index is 0.0557. The Morgan fingerprint density at radius 1 is 1.33 bits per heavy atom. The Hall–Kier alpha value is -1.55. The molecule has 1 amide bonds. The van der Waals surface area contributed by atoms with E-state index in [-0.39, 0.29) is 18.2 Å². The zero-order valence-electron chi connectivity index (χ0n) is 12.6. The summed E-state index contributed by atoms with van der Waals surface area (Å²) >= 11 is 5.93. The number of aliphatic carboxylic acids is 1. The average molecular weight is 312 g/mol. The second kappa shape index (κ2) is 8.03. The lowest BCUT2D eigenvalue weighted by molar-refractivity contribution is -0.138. The predicted octanol–water partition coefficient (Wildman–Crippen LogP) is 3.52. The maximum Gasteiger partial charge on any atom is 0.303 e. The summed E-state index contributed by atoms with van der Waals surface area (Å²) in [5.41, 5.74) is 1.38. The van der Waals surface area contributed by atoms with Gasteiger partial charge >= 0.3 is 5.97 Å². The minimum atomic E-state index is -0.836. The first-order chi connectivity index (χ1) is 9.79. The van der Waals surface area contributed by atoms with Crippen molar-refractivity contribution in [2.24, 2.45) is 11.8 Å². The van der Waals surface area contributed by atoms with Crippen LogP contribution < -0.4 is 5.32 Å². The second-order valence-corrected chi connectivity index (χ2v) is 6.17. The third-order valence-electron chi connectivity index (χ3n) is 3.24. The molecule has 0 aliphatic rings. The van der Waals surface area contributed by atoms with Gasteiger partial charge in [0.25, 0.3) is 5.91 Å². The first-order valence-corrected chi connectivity index (χ1v) is 7.43. The summed E-state index contributed by atoms with van der Waals surface area (Å²) < 4.78 is 0.